The van der Waals surface area contributed by atoms with Crippen molar-refractivity contribution in [1.29, 1.82) is 0 Å². The second-order valence-electron chi connectivity index (χ2n) is 4.31. The molecule has 4 nitrogen and oxygen atoms in total. The summed E-state index contributed by atoms with van der Waals surface area (Å²) in [6.07, 6.45) is 0. The molecule has 2 rings (SSSR count). The van der Waals surface area contributed by atoms with Crippen LogP contribution in [0.1, 0.15) is 18.1 Å². The number of oxime groups is 1. The number of rotatable bonds is 5. The molecule has 0 saturated carbocycles. The van der Waals surface area contributed by atoms with Crippen LogP contribution in [-0.4, -0.2) is 18.0 Å². The van der Waals surface area contributed by atoms with E-state index in [1.807, 2.05) is 48.5 Å². The van der Waals surface area contributed by atoms with E-state index in [1.54, 1.807) is 14.0 Å². The topological polar surface area (TPSA) is 51.0 Å². The molecule has 2 aromatic carbocycles. The van der Waals surface area contributed by atoms with Crippen LogP contribution in [0.4, 0.5) is 0 Å². The lowest BCUT2D eigenvalue weighted by Gasteiger charge is -2.10. The first-order valence-corrected chi connectivity index (χ1v) is 6.28. The van der Waals surface area contributed by atoms with E-state index < -0.39 is 0 Å². The number of ether oxygens (including phenoxy) is 2. The van der Waals surface area contributed by atoms with Crippen molar-refractivity contribution in [2.24, 2.45) is 5.16 Å². The van der Waals surface area contributed by atoms with E-state index in [9.17, 15) is 0 Å². The maximum atomic E-state index is 8.79. The zero-order valence-corrected chi connectivity index (χ0v) is 11.5. The number of nitrogens with zero attached hydrogens (tertiary/aromatic N) is 1. The fourth-order valence-corrected chi connectivity index (χ4v) is 1.85. The molecule has 2 aromatic rings. The minimum Gasteiger partial charge on any atom is -0.496 e. The molecular formula is C16H17NO3. The van der Waals surface area contributed by atoms with E-state index in [-0.39, 0.29) is 0 Å². The van der Waals surface area contributed by atoms with E-state index in [4.69, 9.17) is 14.7 Å². The summed E-state index contributed by atoms with van der Waals surface area (Å²) in [5, 5.41) is 12.0. The van der Waals surface area contributed by atoms with Crippen LogP contribution < -0.4 is 9.47 Å². The largest absolute Gasteiger partial charge is 0.496 e. The van der Waals surface area contributed by atoms with E-state index in [0.717, 1.165) is 22.6 Å². The lowest BCUT2D eigenvalue weighted by atomic mass is 10.1. The van der Waals surface area contributed by atoms with Crippen LogP contribution in [-0.2, 0) is 6.61 Å². The summed E-state index contributed by atoms with van der Waals surface area (Å²) in [6, 6.07) is 15.2. The molecule has 0 aromatic heterocycles. The quantitative estimate of drug-likeness (QED) is 0.514. The third-order valence-corrected chi connectivity index (χ3v) is 2.99. The molecule has 0 aliphatic heterocycles. The number of benzene rings is 2. The Kier molecular flexibility index (Phi) is 4.60. The van der Waals surface area contributed by atoms with Gasteiger partial charge in [0.25, 0.3) is 0 Å². The van der Waals surface area contributed by atoms with Gasteiger partial charge < -0.3 is 14.7 Å². The highest BCUT2D eigenvalue weighted by molar-refractivity contribution is 5.98. The monoisotopic (exact) mass is 271 g/mol. The van der Waals surface area contributed by atoms with Crippen LogP contribution in [0.15, 0.2) is 53.7 Å². The smallest absolute Gasteiger partial charge is 0.125 e. The Morgan fingerprint density at radius 2 is 1.95 bits per heavy atom. The zero-order chi connectivity index (χ0) is 14.4. The predicted molar refractivity (Wildman–Crippen MR) is 77.8 cm³/mol. The van der Waals surface area contributed by atoms with Crippen molar-refractivity contribution < 1.29 is 14.7 Å². The molecule has 0 atom stereocenters. The van der Waals surface area contributed by atoms with Crippen molar-refractivity contribution in [2.75, 3.05) is 7.11 Å². The first-order chi connectivity index (χ1) is 9.74. The minimum absolute atomic E-state index is 0.419. The summed E-state index contributed by atoms with van der Waals surface area (Å²) < 4.78 is 11.0. The molecule has 0 amide bonds. The van der Waals surface area contributed by atoms with Gasteiger partial charge in [-0.3, -0.25) is 0 Å². The lowest BCUT2D eigenvalue weighted by molar-refractivity contribution is 0.296. The second kappa shape index (κ2) is 6.61. The summed E-state index contributed by atoms with van der Waals surface area (Å²) in [5.41, 5.74) is 2.35. The third-order valence-electron chi connectivity index (χ3n) is 2.99. The van der Waals surface area contributed by atoms with Gasteiger partial charge in [-0.2, -0.15) is 0 Å². The molecule has 0 radical (unpaired) electrons. The van der Waals surface area contributed by atoms with Crippen LogP contribution in [0.25, 0.3) is 0 Å². The Bertz CT molecular complexity index is 608. The molecule has 0 aliphatic carbocycles. The van der Waals surface area contributed by atoms with Crippen molar-refractivity contribution in [3.05, 3.63) is 59.7 Å². The Hall–Kier alpha value is -2.49. The molecular weight excluding hydrogens is 254 g/mol. The Morgan fingerprint density at radius 3 is 2.70 bits per heavy atom. The number of para-hydroxylation sites is 1. The van der Waals surface area contributed by atoms with E-state index in [1.165, 1.54) is 0 Å². The molecule has 0 spiro atoms. The second-order valence-corrected chi connectivity index (χ2v) is 4.31. The molecule has 0 aliphatic rings. The first-order valence-electron chi connectivity index (χ1n) is 6.28. The fourth-order valence-electron chi connectivity index (χ4n) is 1.85. The average molecular weight is 271 g/mol. The highest BCUT2D eigenvalue weighted by Gasteiger charge is 2.04. The van der Waals surface area contributed by atoms with Crippen molar-refractivity contribution in [3.63, 3.8) is 0 Å². The molecule has 20 heavy (non-hydrogen) atoms. The van der Waals surface area contributed by atoms with Crippen LogP contribution in [0.3, 0.4) is 0 Å². The maximum absolute atomic E-state index is 8.79. The van der Waals surface area contributed by atoms with Gasteiger partial charge in [0.05, 0.1) is 12.8 Å². The Balaban J connectivity index is 2.11. The van der Waals surface area contributed by atoms with E-state index >= 15 is 0 Å². The van der Waals surface area contributed by atoms with Crippen molar-refractivity contribution in [1.82, 2.24) is 0 Å². The third kappa shape index (κ3) is 3.29. The van der Waals surface area contributed by atoms with Gasteiger partial charge in [0, 0.05) is 11.1 Å². The van der Waals surface area contributed by atoms with Gasteiger partial charge in [0.1, 0.15) is 18.1 Å². The summed E-state index contributed by atoms with van der Waals surface area (Å²) in [5.74, 6) is 1.52. The minimum atomic E-state index is 0.419. The summed E-state index contributed by atoms with van der Waals surface area (Å²) in [7, 11) is 1.64. The summed E-state index contributed by atoms with van der Waals surface area (Å²) in [6.45, 7) is 2.15. The Labute approximate surface area is 118 Å². The van der Waals surface area contributed by atoms with Crippen LogP contribution >= 0.6 is 0 Å². The van der Waals surface area contributed by atoms with E-state index in [0.29, 0.717) is 12.3 Å². The molecule has 0 unspecified atom stereocenters. The maximum Gasteiger partial charge on any atom is 0.125 e. The van der Waals surface area contributed by atoms with Gasteiger partial charge in [-0.05, 0) is 25.1 Å². The summed E-state index contributed by atoms with van der Waals surface area (Å²) >= 11 is 0. The predicted octanol–water partition coefficient (Wildman–Crippen LogP) is 3.47. The number of methoxy groups -OCH3 is 1. The van der Waals surface area contributed by atoms with E-state index in [2.05, 4.69) is 5.16 Å². The van der Waals surface area contributed by atoms with Gasteiger partial charge in [-0.15, -0.1) is 0 Å². The van der Waals surface area contributed by atoms with Gasteiger partial charge in [0.15, 0.2) is 0 Å². The van der Waals surface area contributed by atoms with Crippen molar-refractivity contribution in [3.8, 4) is 11.5 Å². The van der Waals surface area contributed by atoms with Crippen molar-refractivity contribution >= 4 is 5.71 Å². The lowest BCUT2D eigenvalue weighted by Crippen LogP contribution is -2.00. The SMILES string of the molecule is COc1ccccc1COc1cccc(/C(C)=N/O)c1. The first kappa shape index (κ1) is 13.9. The molecule has 0 saturated heterocycles. The molecule has 1 N–H and O–H groups in total. The molecule has 104 valence electrons. The van der Waals surface area contributed by atoms with Crippen LogP contribution in [0, 0.1) is 0 Å². The normalized spacial score (nSPS) is 11.2. The van der Waals surface area contributed by atoms with Gasteiger partial charge >= 0.3 is 0 Å². The highest BCUT2D eigenvalue weighted by Crippen LogP contribution is 2.21. The Morgan fingerprint density at radius 1 is 1.15 bits per heavy atom. The van der Waals surface area contributed by atoms with Crippen LogP contribution in [0.5, 0.6) is 11.5 Å². The number of hydrogen-bond acceptors (Lipinski definition) is 4. The standard InChI is InChI=1S/C16H17NO3/c1-12(17-18)13-7-5-8-15(10-13)20-11-14-6-3-4-9-16(14)19-2/h3-10,18H,11H2,1-2H3/b17-12+. The van der Waals surface area contributed by atoms with Crippen LogP contribution in [0.2, 0.25) is 0 Å². The van der Waals surface area contributed by atoms with Gasteiger partial charge in [-0.25, -0.2) is 0 Å². The average Bonchev–Trinajstić information content (AvgIpc) is 2.52. The zero-order valence-electron chi connectivity index (χ0n) is 11.5. The summed E-state index contributed by atoms with van der Waals surface area (Å²) in [4.78, 5) is 0. The van der Waals surface area contributed by atoms with Gasteiger partial charge in [0.2, 0.25) is 0 Å². The molecule has 4 heteroatoms. The molecule has 0 fully saturated rings. The molecule has 0 bridgehead atoms. The molecule has 0 heterocycles. The van der Waals surface area contributed by atoms with Crippen molar-refractivity contribution in [2.45, 2.75) is 13.5 Å². The fraction of sp³-hybridized carbons (Fsp3) is 0.188. The number of hydrogen-bond donors (Lipinski definition) is 1. The highest BCUT2D eigenvalue weighted by atomic mass is 16.5. The van der Waals surface area contributed by atoms with Gasteiger partial charge in [-0.1, -0.05) is 35.5 Å².